The zero-order valence-electron chi connectivity index (χ0n) is 8.53. The summed E-state index contributed by atoms with van der Waals surface area (Å²) in [6, 6.07) is 1.59. The van der Waals surface area contributed by atoms with Crippen molar-refractivity contribution in [2.75, 3.05) is 0 Å². The molecular formula is C10H24Si. The summed E-state index contributed by atoms with van der Waals surface area (Å²) >= 11 is 0. The highest BCUT2D eigenvalue weighted by molar-refractivity contribution is 6.37. The smallest absolute Gasteiger partial charge is 0.0228 e. The van der Waals surface area contributed by atoms with E-state index < -0.39 is 0 Å². The van der Waals surface area contributed by atoms with Gasteiger partial charge in [-0.25, -0.2) is 0 Å². The number of hydrogen-bond donors (Lipinski definition) is 0. The molecule has 0 fully saturated rings. The summed E-state index contributed by atoms with van der Waals surface area (Å²) in [6.07, 6.45) is 7.25. The van der Waals surface area contributed by atoms with Gasteiger partial charge in [0.25, 0.3) is 0 Å². The van der Waals surface area contributed by atoms with Gasteiger partial charge < -0.3 is 0 Å². The lowest BCUT2D eigenvalue weighted by Crippen LogP contribution is -1.97. The van der Waals surface area contributed by atoms with Crippen molar-refractivity contribution < 1.29 is 0 Å². The minimum atomic E-state index is 0.308. The second-order valence-electron chi connectivity index (χ2n) is 3.72. The molecule has 1 heteroatoms. The number of unbranched alkanes of at least 4 members (excludes halogenated alkanes) is 3. The molecule has 0 saturated carbocycles. The van der Waals surface area contributed by atoms with E-state index in [2.05, 4.69) is 20.8 Å². The predicted molar refractivity (Wildman–Crippen MR) is 57.2 cm³/mol. The summed E-state index contributed by atoms with van der Waals surface area (Å²) in [5.41, 5.74) is 1.09. The molecule has 1 atom stereocenters. The number of rotatable bonds is 7. The molecule has 0 aliphatic heterocycles. The van der Waals surface area contributed by atoms with Gasteiger partial charge in [-0.05, 0) is 0 Å². The second-order valence-corrected chi connectivity index (χ2v) is 6.39. The van der Waals surface area contributed by atoms with Gasteiger partial charge in [0.2, 0.25) is 0 Å². The Morgan fingerprint density at radius 3 is 2.36 bits per heavy atom. The highest BCUT2D eigenvalue weighted by Crippen LogP contribution is 2.11. The minimum absolute atomic E-state index is 0.308. The van der Waals surface area contributed by atoms with Crippen LogP contribution in [-0.2, 0) is 0 Å². The maximum Gasteiger partial charge on any atom is 0.0228 e. The van der Waals surface area contributed by atoms with Gasteiger partial charge in [0.05, 0.1) is 0 Å². The van der Waals surface area contributed by atoms with E-state index in [4.69, 9.17) is 0 Å². The largest absolute Gasteiger partial charge is 0.0654 e. The molecule has 68 valence electrons. The van der Waals surface area contributed by atoms with Crippen LogP contribution in [0.15, 0.2) is 0 Å². The first-order valence-electron chi connectivity index (χ1n) is 5.31. The molecule has 0 aromatic rings. The summed E-state index contributed by atoms with van der Waals surface area (Å²) in [5.74, 6) is 0. The molecule has 0 N–H and O–H groups in total. The Labute approximate surface area is 74.6 Å². The molecular weight excluding hydrogens is 148 g/mol. The lowest BCUT2D eigenvalue weighted by Gasteiger charge is -2.05. The van der Waals surface area contributed by atoms with Gasteiger partial charge in [0, 0.05) is 9.52 Å². The van der Waals surface area contributed by atoms with Crippen LogP contribution in [0.1, 0.15) is 52.9 Å². The van der Waals surface area contributed by atoms with E-state index in [-0.39, 0.29) is 0 Å². The zero-order valence-corrected chi connectivity index (χ0v) is 9.94. The Kier molecular flexibility index (Phi) is 8.48. The van der Waals surface area contributed by atoms with Crippen LogP contribution in [0.4, 0.5) is 0 Å². The molecule has 0 radical (unpaired) electrons. The first kappa shape index (κ1) is 11.2. The van der Waals surface area contributed by atoms with E-state index in [0.29, 0.717) is 9.52 Å². The molecule has 0 saturated heterocycles. The summed E-state index contributed by atoms with van der Waals surface area (Å²) in [7, 11) is 0.308. The molecule has 1 unspecified atom stereocenters. The second kappa shape index (κ2) is 8.31. The highest BCUT2D eigenvalue weighted by atomic mass is 28.2. The zero-order chi connectivity index (χ0) is 8.53. The fraction of sp³-hybridized carbons (Fsp3) is 1.00. The van der Waals surface area contributed by atoms with Crippen LogP contribution in [0.2, 0.25) is 11.6 Å². The third kappa shape index (κ3) is 8.12. The topological polar surface area (TPSA) is 0 Å². The molecule has 0 bridgehead atoms. The van der Waals surface area contributed by atoms with Crippen LogP contribution < -0.4 is 0 Å². The third-order valence-electron chi connectivity index (χ3n) is 2.50. The van der Waals surface area contributed by atoms with E-state index in [9.17, 15) is 0 Å². The summed E-state index contributed by atoms with van der Waals surface area (Å²) < 4.78 is 0. The van der Waals surface area contributed by atoms with E-state index in [1.807, 2.05) is 0 Å². The summed E-state index contributed by atoms with van der Waals surface area (Å²) in [6.45, 7) is 7.03. The third-order valence-corrected chi connectivity index (χ3v) is 4.97. The van der Waals surface area contributed by atoms with E-state index >= 15 is 0 Å². The Balaban J connectivity index is 2.89. The van der Waals surface area contributed by atoms with Crippen LogP contribution in [-0.4, -0.2) is 9.52 Å². The van der Waals surface area contributed by atoms with Crippen molar-refractivity contribution in [3.05, 3.63) is 0 Å². The molecule has 0 rings (SSSR count). The van der Waals surface area contributed by atoms with E-state index in [1.165, 1.54) is 32.1 Å². The van der Waals surface area contributed by atoms with E-state index in [1.54, 1.807) is 6.04 Å². The fourth-order valence-electron chi connectivity index (χ4n) is 1.30. The van der Waals surface area contributed by atoms with Crippen LogP contribution in [0.3, 0.4) is 0 Å². The molecule has 0 amide bonds. The van der Waals surface area contributed by atoms with Crippen LogP contribution in [0.5, 0.6) is 0 Å². The van der Waals surface area contributed by atoms with Crippen molar-refractivity contribution in [1.82, 2.24) is 0 Å². The predicted octanol–water partition coefficient (Wildman–Crippen LogP) is 3.37. The molecule has 0 spiro atoms. The van der Waals surface area contributed by atoms with Gasteiger partial charge in [-0.1, -0.05) is 64.5 Å². The van der Waals surface area contributed by atoms with Crippen LogP contribution >= 0.6 is 0 Å². The lowest BCUT2D eigenvalue weighted by molar-refractivity contribution is 0.696. The Hall–Kier alpha value is 0.217. The van der Waals surface area contributed by atoms with Crippen LogP contribution in [0.25, 0.3) is 0 Å². The molecule has 0 nitrogen and oxygen atoms in total. The number of hydrogen-bond acceptors (Lipinski definition) is 0. The molecule has 0 aliphatic rings. The maximum atomic E-state index is 2.42. The maximum absolute atomic E-state index is 2.42. The first-order chi connectivity index (χ1) is 5.31. The Morgan fingerprint density at radius 2 is 1.82 bits per heavy atom. The summed E-state index contributed by atoms with van der Waals surface area (Å²) in [5, 5.41) is 0. The SMILES string of the molecule is CCCCCC[SiH2]C(C)CC. The van der Waals surface area contributed by atoms with E-state index in [0.717, 1.165) is 5.54 Å². The van der Waals surface area contributed by atoms with Crippen LogP contribution in [0, 0.1) is 0 Å². The first-order valence-corrected chi connectivity index (χ1v) is 7.12. The van der Waals surface area contributed by atoms with Gasteiger partial charge in [-0.15, -0.1) is 0 Å². The molecule has 0 aromatic carbocycles. The van der Waals surface area contributed by atoms with Crippen molar-refractivity contribution in [2.24, 2.45) is 0 Å². The minimum Gasteiger partial charge on any atom is -0.0654 e. The van der Waals surface area contributed by atoms with Gasteiger partial charge in [-0.3, -0.25) is 0 Å². The highest BCUT2D eigenvalue weighted by Gasteiger charge is 1.98. The van der Waals surface area contributed by atoms with Gasteiger partial charge in [-0.2, -0.15) is 0 Å². The van der Waals surface area contributed by atoms with Crippen molar-refractivity contribution in [2.45, 2.75) is 64.5 Å². The normalized spacial score (nSPS) is 14.5. The standard InChI is InChI=1S/C10H24Si/c1-4-6-7-8-9-11-10(3)5-2/h10H,4-9,11H2,1-3H3. The molecule has 0 aliphatic carbocycles. The fourth-order valence-corrected chi connectivity index (χ4v) is 3.05. The quantitative estimate of drug-likeness (QED) is 0.408. The van der Waals surface area contributed by atoms with Crippen molar-refractivity contribution in [1.29, 1.82) is 0 Å². The summed E-state index contributed by atoms with van der Waals surface area (Å²) in [4.78, 5) is 0. The van der Waals surface area contributed by atoms with Crippen molar-refractivity contribution in [3.8, 4) is 0 Å². The Morgan fingerprint density at radius 1 is 1.09 bits per heavy atom. The van der Waals surface area contributed by atoms with Gasteiger partial charge in [0.1, 0.15) is 0 Å². The monoisotopic (exact) mass is 172 g/mol. The molecule has 11 heavy (non-hydrogen) atoms. The average molecular weight is 172 g/mol. The molecule has 0 heterocycles. The lowest BCUT2D eigenvalue weighted by atomic mass is 10.2. The van der Waals surface area contributed by atoms with Gasteiger partial charge >= 0.3 is 0 Å². The van der Waals surface area contributed by atoms with Crippen molar-refractivity contribution >= 4 is 9.52 Å². The average Bonchev–Trinajstić information content (AvgIpc) is 2.04. The Bertz CT molecular complexity index is 71.3. The van der Waals surface area contributed by atoms with Gasteiger partial charge in [0.15, 0.2) is 0 Å². The van der Waals surface area contributed by atoms with Crippen molar-refractivity contribution in [3.63, 3.8) is 0 Å². The molecule has 0 aromatic heterocycles.